The predicted octanol–water partition coefficient (Wildman–Crippen LogP) is 4.79. The Hall–Kier alpha value is 0.170. The van der Waals surface area contributed by atoms with Crippen molar-refractivity contribution in [1.82, 2.24) is 0 Å². The third-order valence-corrected chi connectivity index (χ3v) is 9.28. The second-order valence-corrected chi connectivity index (χ2v) is 11.4. The average molecular weight is 230 g/mol. The number of rotatable bonds is 7. The normalized spacial score (nSPS) is 13.9. The number of hydrogen-bond acceptors (Lipinski definition) is 0. The minimum atomic E-state index is -0.961. The van der Waals surface area contributed by atoms with E-state index in [2.05, 4.69) is 47.3 Å². The van der Waals surface area contributed by atoms with E-state index in [1.807, 2.05) is 0 Å². The summed E-state index contributed by atoms with van der Waals surface area (Å²) in [5, 5.41) is 0. The molecule has 0 amide bonds. The van der Waals surface area contributed by atoms with Crippen molar-refractivity contribution >= 4 is 7.26 Å². The van der Waals surface area contributed by atoms with Crippen LogP contribution in [0.2, 0.25) is 0 Å². The Bertz CT molecular complexity index is 172. The standard InChI is InChI=1S/C14H31P/c1-7-12-15(8-2,9-3)13-10-11-14(4,5)6/h7,15H,1,8-13H2,2-6H3. The fourth-order valence-corrected chi connectivity index (χ4v) is 5.82. The van der Waals surface area contributed by atoms with Crippen molar-refractivity contribution in [1.29, 1.82) is 0 Å². The summed E-state index contributed by atoms with van der Waals surface area (Å²) in [5.74, 6) is 0. The maximum absolute atomic E-state index is 3.93. The van der Waals surface area contributed by atoms with E-state index in [-0.39, 0.29) is 0 Å². The molecule has 0 heterocycles. The van der Waals surface area contributed by atoms with Crippen LogP contribution in [0.15, 0.2) is 12.7 Å². The van der Waals surface area contributed by atoms with Crippen LogP contribution in [0.25, 0.3) is 0 Å². The van der Waals surface area contributed by atoms with Gasteiger partial charge in [-0.05, 0) is 0 Å². The number of allylic oxidation sites excluding steroid dienone is 1. The zero-order valence-electron chi connectivity index (χ0n) is 11.5. The Morgan fingerprint density at radius 1 is 1.13 bits per heavy atom. The predicted molar refractivity (Wildman–Crippen MR) is 78.0 cm³/mol. The minimum absolute atomic E-state index is 0.510. The molecule has 15 heavy (non-hydrogen) atoms. The van der Waals surface area contributed by atoms with Gasteiger partial charge in [-0.25, -0.2) is 0 Å². The van der Waals surface area contributed by atoms with Gasteiger partial charge in [0.2, 0.25) is 0 Å². The monoisotopic (exact) mass is 230 g/mol. The molecule has 0 spiro atoms. The Morgan fingerprint density at radius 3 is 2.00 bits per heavy atom. The van der Waals surface area contributed by atoms with E-state index in [0.29, 0.717) is 5.41 Å². The summed E-state index contributed by atoms with van der Waals surface area (Å²) in [6.45, 7) is 15.7. The van der Waals surface area contributed by atoms with Gasteiger partial charge >= 0.3 is 97.4 Å². The molecule has 0 aromatic carbocycles. The Morgan fingerprint density at radius 2 is 1.67 bits per heavy atom. The second-order valence-electron chi connectivity index (χ2n) is 6.11. The van der Waals surface area contributed by atoms with Crippen LogP contribution in [0.5, 0.6) is 0 Å². The van der Waals surface area contributed by atoms with Crippen molar-refractivity contribution in [3.63, 3.8) is 0 Å². The molecule has 0 saturated heterocycles. The SMILES string of the molecule is C=CC[PH](CC)(CC)CCCC(C)(C)C. The summed E-state index contributed by atoms with van der Waals surface area (Å²) >= 11 is 0. The molecule has 0 aromatic heterocycles. The average Bonchev–Trinajstić information content (AvgIpc) is 2.14. The molecule has 0 aliphatic carbocycles. The van der Waals surface area contributed by atoms with E-state index < -0.39 is 7.26 Å². The molecule has 0 bridgehead atoms. The van der Waals surface area contributed by atoms with Gasteiger partial charge in [-0.1, -0.05) is 0 Å². The molecule has 0 saturated carbocycles. The van der Waals surface area contributed by atoms with Crippen molar-refractivity contribution in [3.05, 3.63) is 12.7 Å². The van der Waals surface area contributed by atoms with E-state index in [1.165, 1.54) is 37.5 Å². The topological polar surface area (TPSA) is 0 Å². The van der Waals surface area contributed by atoms with E-state index >= 15 is 0 Å². The third kappa shape index (κ3) is 6.36. The van der Waals surface area contributed by atoms with Crippen molar-refractivity contribution in [2.75, 3.05) is 24.6 Å². The summed E-state index contributed by atoms with van der Waals surface area (Å²) < 4.78 is 0. The van der Waals surface area contributed by atoms with Gasteiger partial charge in [0.25, 0.3) is 0 Å². The molecular formula is C14H31P. The van der Waals surface area contributed by atoms with Gasteiger partial charge in [-0.15, -0.1) is 0 Å². The van der Waals surface area contributed by atoms with Crippen LogP contribution >= 0.6 is 7.26 Å². The molecule has 0 aromatic rings. The van der Waals surface area contributed by atoms with Crippen molar-refractivity contribution in [2.24, 2.45) is 5.41 Å². The molecule has 0 atom stereocenters. The molecule has 0 rings (SSSR count). The third-order valence-electron chi connectivity index (χ3n) is 3.71. The molecule has 0 fully saturated rings. The molecule has 0 unspecified atom stereocenters. The van der Waals surface area contributed by atoms with E-state index in [1.54, 1.807) is 0 Å². The summed E-state index contributed by atoms with van der Waals surface area (Å²) in [7, 11) is -0.961. The first-order valence-corrected chi connectivity index (χ1v) is 9.33. The summed E-state index contributed by atoms with van der Waals surface area (Å²) in [6.07, 6.45) is 10.6. The molecule has 1 heteroatoms. The van der Waals surface area contributed by atoms with Gasteiger partial charge in [-0.2, -0.15) is 0 Å². The summed E-state index contributed by atoms with van der Waals surface area (Å²) in [5.41, 5.74) is 0.510. The van der Waals surface area contributed by atoms with Crippen LogP contribution in [-0.2, 0) is 0 Å². The molecule has 92 valence electrons. The molecule has 0 nitrogen and oxygen atoms in total. The van der Waals surface area contributed by atoms with Gasteiger partial charge in [0.05, 0.1) is 0 Å². The Kier molecular flexibility index (Phi) is 6.76. The molecule has 0 radical (unpaired) electrons. The van der Waals surface area contributed by atoms with Crippen LogP contribution in [0, 0.1) is 5.41 Å². The summed E-state index contributed by atoms with van der Waals surface area (Å²) in [6, 6.07) is 0. The van der Waals surface area contributed by atoms with Crippen LogP contribution in [-0.4, -0.2) is 24.6 Å². The first kappa shape index (κ1) is 15.2. The van der Waals surface area contributed by atoms with Crippen molar-refractivity contribution < 1.29 is 0 Å². The van der Waals surface area contributed by atoms with Crippen LogP contribution in [0.4, 0.5) is 0 Å². The fraction of sp³-hybridized carbons (Fsp3) is 0.857. The first-order chi connectivity index (χ1) is 6.89. The maximum atomic E-state index is 3.93. The quantitative estimate of drug-likeness (QED) is 0.436. The van der Waals surface area contributed by atoms with Gasteiger partial charge in [0.1, 0.15) is 0 Å². The van der Waals surface area contributed by atoms with Crippen molar-refractivity contribution in [3.8, 4) is 0 Å². The van der Waals surface area contributed by atoms with Crippen LogP contribution in [0.1, 0.15) is 47.5 Å². The van der Waals surface area contributed by atoms with Crippen molar-refractivity contribution in [2.45, 2.75) is 47.5 Å². The van der Waals surface area contributed by atoms with Gasteiger partial charge in [0.15, 0.2) is 0 Å². The molecule has 0 N–H and O–H groups in total. The summed E-state index contributed by atoms with van der Waals surface area (Å²) in [4.78, 5) is 0. The van der Waals surface area contributed by atoms with Gasteiger partial charge < -0.3 is 0 Å². The Labute approximate surface area is 97.9 Å². The van der Waals surface area contributed by atoms with E-state index in [4.69, 9.17) is 0 Å². The fourth-order valence-electron chi connectivity index (χ4n) is 2.29. The molecule has 0 aliphatic rings. The zero-order chi connectivity index (χ0) is 11.9. The number of hydrogen-bond donors (Lipinski definition) is 0. The second kappa shape index (κ2) is 6.69. The van der Waals surface area contributed by atoms with Gasteiger partial charge in [-0.3, -0.25) is 0 Å². The van der Waals surface area contributed by atoms with E-state index in [0.717, 1.165) is 0 Å². The first-order valence-electron chi connectivity index (χ1n) is 6.50. The molecule has 0 aliphatic heterocycles. The Balaban J connectivity index is 4.12. The molecular weight excluding hydrogens is 199 g/mol. The zero-order valence-corrected chi connectivity index (χ0v) is 12.5. The van der Waals surface area contributed by atoms with Gasteiger partial charge in [0, 0.05) is 0 Å². The van der Waals surface area contributed by atoms with E-state index in [9.17, 15) is 0 Å². The van der Waals surface area contributed by atoms with Crippen LogP contribution in [0.3, 0.4) is 0 Å². The van der Waals surface area contributed by atoms with Crippen LogP contribution < -0.4 is 0 Å².